The van der Waals surface area contributed by atoms with E-state index in [-0.39, 0.29) is 0 Å². The predicted molar refractivity (Wildman–Crippen MR) is 88.2 cm³/mol. The van der Waals surface area contributed by atoms with Gasteiger partial charge in [0.25, 0.3) is 0 Å². The number of aryl methyl sites for hydroxylation is 1. The van der Waals surface area contributed by atoms with Crippen molar-refractivity contribution in [3.8, 4) is 5.75 Å². The Kier molecular flexibility index (Phi) is 6.73. The molecule has 1 heterocycles. The average molecular weight is 305 g/mol. The van der Waals surface area contributed by atoms with Crippen LogP contribution in [0.25, 0.3) is 0 Å². The summed E-state index contributed by atoms with van der Waals surface area (Å²) in [5.74, 6) is 0.810. The molecular formula is C17H23NO2S. The molecule has 0 amide bonds. The van der Waals surface area contributed by atoms with Crippen molar-refractivity contribution in [3.05, 3.63) is 52.2 Å². The first-order chi connectivity index (χ1) is 10.3. The van der Waals surface area contributed by atoms with Gasteiger partial charge in [-0.3, -0.25) is 0 Å². The van der Waals surface area contributed by atoms with Gasteiger partial charge in [0.15, 0.2) is 0 Å². The quantitative estimate of drug-likeness (QED) is 0.700. The summed E-state index contributed by atoms with van der Waals surface area (Å²) in [7, 11) is 0. The van der Waals surface area contributed by atoms with Crippen molar-refractivity contribution in [1.29, 1.82) is 0 Å². The van der Waals surface area contributed by atoms with Crippen LogP contribution in [0.2, 0.25) is 0 Å². The van der Waals surface area contributed by atoms with E-state index in [0.29, 0.717) is 13.2 Å². The number of hydrogen-bond donors (Lipinski definition) is 2. The number of nitrogens with one attached hydrogen (secondary N) is 1. The molecule has 114 valence electrons. The lowest BCUT2D eigenvalue weighted by Crippen LogP contribution is -2.32. The van der Waals surface area contributed by atoms with Crippen LogP contribution in [0.1, 0.15) is 17.4 Å². The van der Waals surface area contributed by atoms with Gasteiger partial charge in [-0.15, -0.1) is 11.3 Å². The zero-order valence-corrected chi connectivity index (χ0v) is 13.2. The van der Waals surface area contributed by atoms with Gasteiger partial charge < -0.3 is 15.2 Å². The van der Waals surface area contributed by atoms with Crippen LogP contribution in [0.5, 0.6) is 5.75 Å². The van der Waals surface area contributed by atoms with Crippen LogP contribution >= 0.6 is 11.3 Å². The van der Waals surface area contributed by atoms with E-state index in [1.807, 2.05) is 12.1 Å². The summed E-state index contributed by atoms with van der Waals surface area (Å²) >= 11 is 1.77. The van der Waals surface area contributed by atoms with Crippen LogP contribution in [0.3, 0.4) is 0 Å². The van der Waals surface area contributed by atoms with Crippen molar-refractivity contribution in [1.82, 2.24) is 5.32 Å². The van der Waals surface area contributed by atoms with Crippen molar-refractivity contribution in [3.63, 3.8) is 0 Å². The second-order valence-electron chi connectivity index (χ2n) is 5.00. The number of rotatable bonds is 9. The number of aliphatic hydroxyl groups is 1. The number of aliphatic hydroxyl groups excluding tert-OH is 1. The smallest absolute Gasteiger partial charge is 0.119 e. The van der Waals surface area contributed by atoms with Crippen LogP contribution in [-0.4, -0.2) is 30.9 Å². The molecule has 0 aliphatic rings. The van der Waals surface area contributed by atoms with Crippen LogP contribution in [0, 0.1) is 0 Å². The lowest BCUT2D eigenvalue weighted by Gasteiger charge is -2.13. The van der Waals surface area contributed by atoms with Crippen molar-refractivity contribution in [2.24, 2.45) is 0 Å². The third kappa shape index (κ3) is 5.87. The topological polar surface area (TPSA) is 41.5 Å². The number of hydrogen-bond acceptors (Lipinski definition) is 4. The largest absolute Gasteiger partial charge is 0.491 e. The van der Waals surface area contributed by atoms with Gasteiger partial charge in [-0.1, -0.05) is 25.1 Å². The summed E-state index contributed by atoms with van der Waals surface area (Å²) in [6.07, 6.45) is 1.54. The van der Waals surface area contributed by atoms with Gasteiger partial charge in [0.05, 0.1) is 0 Å². The zero-order chi connectivity index (χ0) is 14.9. The first-order valence-electron chi connectivity index (χ1n) is 7.41. The van der Waals surface area contributed by atoms with Gasteiger partial charge in [-0.05, 0) is 42.0 Å². The standard InChI is InChI=1S/C17H23NO2S/c1-2-14-5-7-16(8-6-14)20-13-15(19)12-18-10-9-17-4-3-11-21-17/h3-8,11,15,18-19H,2,9-10,12-13H2,1H3. The van der Waals surface area contributed by atoms with E-state index in [2.05, 4.69) is 41.9 Å². The Morgan fingerprint density at radius 2 is 2.05 bits per heavy atom. The lowest BCUT2D eigenvalue weighted by atomic mass is 10.2. The van der Waals surface area contributed by atoms with Gasteiger partial charge in [0.2, 0.25) is 0 Å². The van der Waals surface area contributed by atoms with Crippen molar-refractivity contribution < 1.29 is 9.84 Å². The number of thiophene rings is 1. The first kappa shape index (κ1) is 16.0. The number of benzene rings is 1. The molecule has 0 saturated carbocycles. The fourth-order valence-electron chi connectivity index (χ4n) is 2.01. The van der Waals surface area contributed by atoms with Gasteiger partial charge >= 0.3 is 0 Å². The molecule has 1 atom stereocenters. The Morgan fingerprint density at radius 1 is 1.24 bits per heavy atom. The molecule has 1 aromatic carbocycles. The third-order valence-corrected chi connectivity index (χ3v) is 4.22. The molecule has 21 heavy (non-hydrogen) atoms. The highest BCUT2D eigenvalue weighted by molar-refractivity contribution is 7.09. The molecule has 2 rings (SSSR count). The van der Waals surface area contributed by atoms with E-state index < -0.39 is 6.10 Å². The second kappa shape index (κ2) is 8.82. The summed E-state index contributed by atoms with van der Waals surface area (Å²) in [4.78, 5) is 1.37. The highest BCUT2D eigenvalue weighted by Crippen LogP contribution is 2.12. The molecule has 1 aromatic heterocycles. The Bertz CT molecular complexity index is 496. The molecule has 4 heteroatoms. The van der Waals surface area contributed by atoms with Crippen molar-refractivity contribution in [2.75, 3.05) is 19.7 Å². The van der Waals surface area contributed by atoms with Crippen LogP contribution in [0.15, 0.2) is 41.8 Å². The molecule has 0 spiro atoms. The minimum absolute atomic E-state index is 0.317. The first-order valence-corrected chi connectivity index (χ1v) is 8.29. The van der Waals surface area contributed by atoms with E-state index in [1.165, 1.54) is 10.4 Å². The Labute approximate surface area is 130 Å². The predicted octanol–water partition coefficient (Wildman–Crippen LogP) is 2.88. The van der Waals surface area contributed by atoms with E-state index in [1.54, 1.807) is 11.3 Å². The maximum absolute atomic E-state index is 9.88. The molecule has 0 radical (unpaired) electrons. The minimum Gasteiger partial charge on any atom is -0.491 e. The van der Waals surface area contributed by atoms with Gasteiger partial charge in [-0.25, -0.2) is 0 Å². The Balaban J connectivity index is 1.59. The summed E-state index contributed by atoms with van der Waals surface area (Å²) in [5, 5.41) is 15.2. The van der Waals surface area contributed by atoms with Crippen molar-refractivity contribution in [2.45, 2.75) is 25.9 Å². The SMILES string of the molecule is CCc1ccc(OCC(O)CNCCc2cccs2)cc1. The zero-order valence-electron chi connectivity index (χ0n) is 12.4. The molecule has 0 bridgehead atoms. The average Bonchev–Trinajstić information content (AvgIpc) is 3.03. The van der Waals surface area contributed by atoms with Crippen LogP contribution < -0.4 is 10.1 Å². The van der Waals surface area contributed by atoms with Gasteiger partial charge in [0.1, 0.15) is 18.5 Å². The lowest BCUT2D eigenvalue weighted by molar-refractivity contribution is 0.106. The maximum atomic E-state index is 9.88. The van der Waals surface area contributed by atoms with Crippen LogP contribution in [0.4, 0.5) is 0 Å². The molecule has 0 aliphatic carbocycles. The molecule has 0 aliphatic heterocycles. The fraction of sp³-hybridized carbons (Fsp3) is 0.412. The summed E-state index contributed by atoms with van der Waals surface area (Å²) in [5.41, 5.74) is 1.29. The summed E-state index contributed by atoms with van der Waals surface area (Å²) < 4.78 is 5.58. The number of ether oxygens (including phenoxy) is 1. The maximum Gasteiger partial charge on any atom is 0.119 e. The normalized spacial score (nSPS) is 12.3. The van der Waals surface area contributed by atoms with Gasteiger partial charge in [0, 0.05) is 18.0 Å². The molecule has 2 aromatic rings. The van der Waals surface area contributed by atoms with E-state index >= 15 is 0 Å². The molecule has 1 unspecified atom stereocenters. The van der Waals surface area contributed by atoms with E-state index in [4.69, 9.17) is 4.74 Å². The second-order valence-corrected chi connectivity index (χ2v) is 6.03. The third-order valence-electron chi connectivity index (χ3n) is 3.28. The Morgan fingerprint density at radius 3 is 2.71 bits per heavy atom. The molecular weight excluding hydrogens is 282 g/mol. The monoisotopic (exact) mass is 305 g/mol. The van der Waals surface area contributed by atoms with Crippen molar-refractivity contribution >= 4 is 11.3 Å². The fourth-order valence-corrected chi connectivity index (χ4v) is 2.72. The minimum atomic E-state index is -0.487. The molecule has 0 saturated heterocycles. The van der Waals surface area contributed by atoms with E-state index in [9.17, 15) is 5.11 Å². The van der Waals surface area contributed by atoms with Crippen LogP contribution in [-0.2, 0) is 12.8 Å². The molecule has 2 N–H and O–H groups in total. The van der Waals surface area contributed by atoms with E-state index in [0.717, 1.165) is 25.1 Å². The van der Waals surface area contributed by atoms with Gasteiger partial charge in [-0.2, -0.15) is 0 Å². The molecule has 0 fully saturated rings. The highest BCUT2D eigenvalue weighted by atomic mass is 32.1. The molecule has 3 nitrogen and oxygen atoms in total. The summed E-state index contributed by atoms with van der Waals surface area (Å²) in [6, 6.07) is 12.2. The highest BCUT2D eigenvalue weighted by Gasteiger charge is 2.05. The summed E-state index contributed by atoms with van der Waals surface area (Å²) in [6.45, 7) is 3.88. The Hall–Kier alpha value is -1.36.